The van der Waals surface area contributed by atoms with Gasteiger partial charge in [-0.1, -0.05) is 6.42 Å². The van der Waals surface area contributed by atoms with Crippen LogP contribution in [0.4, 0.5) is 4.79 Å². The Labute approximate surface area is 142 Å². The minimum absolute atomic E-state index is 0.0806. The van der Waals surface area contributed by atoms with Gasteiger partial charge in [-0.15, -0.1) is 0 Å². The van der Waals surface area contributed by atoms with E-state index in [9.17, 15) is 14.4 Å². The highest BCUT2D eigenvalue weighted by Crippen LogP contribution is 2.49. The quantitative estimate of drug-likeness (QED) is 0.705. The largest absolute Gasteiger partial charge is 0.382 e. The van der Waals surface area contributed by atoms with Crippen LogP contribution in [0.5, 0.6) is 0 Å². The third-order valence-corrected chi connectivity index (χ3v) is 5.90. The van der Waals surface area contributed by atoms with Crippen molar-refractivity contribution >= 4 is 17.8 Å². The number of carbonyl (C=O) groups is 3. The molecule has 3 aliphatic rings. The van der Waals surface area contributed by atoms with Crippen molar-refractivity contribution in [3.05, 3.63) is 0 Å². The number of hydrogen-bond donors (Lipinski definition) is 2. The zero-order chi connectivity index (χ0) is 17.5. The van der Waals surface area contributed by atoms with E-state index in [0.29, 0.717) is 11.8 Å². The average Bonchev–Trinajstić information content (AvgIpc) is 3.18. The summed E-state index contributed by atoms with van der Waals surface area (Å²) in [5.74, 6) is 1.36. The van der Waals surface area contributed by atoms with Crippen LogP contribution in [-0.4, -0.2) is 54.6 Å². The Morgan fingerprint density at radius 1 is 1.42 bits per heavy atom. The summed E-state index contributed by atoms with van der Waals surface area (Å²) in [7, 11) is 1.47. The molecule has 2 aliphatic carbocycles. The molecule has 3 rings (SSSR count). The van der Waals surface area contributed by atoms with Crippen molar-refractivity contribution in [2.45, 2.75) is 51.1 Å². The van der Waals surface area contributed by atoms with Crippen molar-refractivity contribution in [1.82, 2.24) is 15.5 Å². The lowest BCUT2D eigenvalue weighted by Crippen LogP contribution is -2.49. The van der Waals surface area contributed by atoms with Gasteiger partial charge in [0.1, 0.15) is 12.1 Å². The van der Waals surface area contributed by atoms with Crippen LogP contribution < -0.4 is 10.6 Å². The molecule has 0 radical (unpaired) electrons. The Balaban J connectivity index is 1.55. The standard InChI is InChI=1S/C17H27N3O4/c1-10(13-7-11-4-5-12(13)6-11)18-14(21)8-20-15(22)17(2,9-24-3)19-16(20)23/h10-13H,4-9H2,1-3H3,(H,18,21)(H,19,23)/t10-,11-,12-,13-,17-/m0/s1. The topological polar surface area (TPSA) is 87.7 Å². The summed E-state index contributed by atoms with van der Waals surface area (Å²) in [6, 6.07) is -0.457. The summed E-state index contributed by atoms with van der Waals surface area (Å²) < 4.78 is 5.00. The normalized spacial score (nSPS) is 36.1. The minimum atomic E-state index is -1.09. The molecule has 2 bridgehead atoms. The van der Waals surface area contributed by atoms with Gasteiger partial charge in [-0.3, -0.25) is 14.5 Å². The van der Waals surface area contributed by atoms with Crippen molar-refractivity contribution < 1.29 is 19.1 Å². The second-order valence-corrected chi connectivity index (χ2v) is 7.78. The van der Waals surface area contributed by atoms with Crippen molar-refractivity contribution in [3.63, 3.8) is 0 Å². The molecule has 134 valence electrons. The fourth-order valence-corrected chi connectivity index (χ4v) is 4.73. The molecular weight excluding hydrogens is 310 g/mol. The zero-order valence-corrected chi connectivity index (χ0v) is 14.6. The smallest absolute Gasteiger partial charge is 0.325 e. The Morgan fingerprint density at radius 3 is 2.75 bits per heavy atom. The molecule has 0 aromatic carbocycles. The highest BCUT2D eigenvalue weighted by Gasteiger charge is 2.48. The summed E-state index contributed by atoms with van der Waals surface area (Å²) in [5, 5.41) is 5.59. The molecule has 2 N–H and O–H groups in total. The first-order valence-corrected chi connectivity index (χ1v) is 8.76. The van der Waals surface area contributed by atoms with Gasteiger partial charge in [-0.25, -0.2) is 4.79 Å². The molecular formula is C17H27N3O4. The highest BCUT2D eigenvalue weighted by molar-refractivity contribution is 6.08. The molecule has 4 amide bonds. The molecule has 0 spiro atoms. The molecule has 24 heavy (non-hydrogen) atoms. The average molecular weight is 337 g/mol. The molecule has 0 aromatic heterocycles. The van der Waals surface area contributed by atoms with Gasteiger partial charge < -0.3 is 15.4 Å². The maximum atomic E-state index is 12.4. The van der Waals surface area contributed by atoms with Gasteiger partial charge in [0.15, 0.2) is 0 Å². The number of amides is 4. The number of hydrogen-bond acceptors (Lipinski definition) is 4. The lowest BCUT2D eigenvalue weighted by Gasteiger charge is -2.29. The van der Waals surface area contributed by atoms with Crippen LogP contribution in [0.1, 0.15) is 39.5 Å². The van der Waals surface area contributed by atoms with Gasteiger partial charge in [0.25, 0.3) is 5.91 Å². The summed E-state index contributed by atoms with van der Waals surface area (Å²) in [4.78, 5) is 37.7. The third-order valence-electron chi connectivity index (χ3n) is 5.90. The summed E-state index contributed by atoms with van der Waals surface area (Å²) in [6.07, 6.45) is 5.05. The number of urea groups is 1. The molecule has 5 atom stereocenters. The molecule has 1 saturated heterocycles. The van der Waals surface area contributed by atoms with E-state index in [1.54, 1.807) is 6.92 Å². The highest BCUT2D eigenvalue weighted by atomic mass is 16.5. The molecule has 1 heterocycles. The van der Waals surface area contributed by atoms with Crippen LogP contribution in [0.3, 0.4) is 0 Å². The number of nitrogens with one attached hydrogen (secondary N) is 2. The fourth-order valence-electron chi connectivity index (χ4n) is 4.73. The predicted octanol–water partition coefficient (Wildman–Crippen LogP) is 0.884. The Kier molecular flexibility index (Phi) is 4.55. The van der Waals surface area contributed by atoms with Crippen molar-refractivity contribution in [3.8, 4) is 0 Å². The van der Waals surface area contributed by atoms with E-state index in [-0.39, 0.29) is 25.1 Å². The van der Waals surface area contributed by atoms with E-state index >= 15 is 0 Å². The van der Waals surface area contributed by atoms with Gasteiger partial charge in [0, 0.05) is 13.2 Å². The predicted molar refractivity (Wildman–Crippen MR) is 87.1 cm³/mol. The molecule has 1 aliphatic heterocycles. The van der Waals surface area contributed by atoms with Crippen molar-refractivity contribution in [2.24, 2.45) is 17.8 Å². The van der Waals surface area contributed by atoms with E-state index in [2.05, 4.69) is 10.6 Å². The van der Waals surface area contributed by atoms with Crippen LogP contribution >= 0.6 is 0 Å². The molecule has 7 heteroatoms. The van der Waals surface area contributed by atoms with E-state index in [1.165, 1.54) is 32.8 Å². The van der Waals surface area contributed by atoms with Crippen LogP contribution in [0.15, 0.2) is 0 Å². The number of imide groups is 1. The lowest BCUT2D eigenvalue weighted by atomic mass is 9.84. The number of fused-ring (bicyclic) bond motifs is 2. The monoisotopic (exact) mass is 337 g/mol. The lowest BCUT2D eigenvalue weighted by molar-refractivity contribution is -0.136. The van der Waals surface area contributed by atoms with Crippen LogP contribution in [-0.2, 0) is 14.3 Å². The molecule has 0 unspecified atom stereocenters. The first-order valence-electron chi connectivity index (χ1n) is 8.76. The van der Waals surface area contributed by atoms with Gasteiger partial charge >= 0.3 is 6.03 Å². The molecule has 3 fully saturated rings. The van der Waals surface area contributed by atoms with E-state index in [4.69, 9.17) is 4.74 Å². The number of nitrogens with zero attached hydrogens (tertiary/aromatic N) is 1. The summed E-state index contributed by atoms with van der Waals surface area (Å²) >= 11 is 0. The molecule has 2 saturated carbocycles. The second kappa shape index (κ2) is 6.35. The summed E-state index contributed by atoms with van der Waals surface area (Å²) in [5.41, 5.74) is -1.09. The van der Waals surface area contributed by atoms with E-state index in [0.717, 1.165) is 10.8 Å². The molecule has 7 nitrogen and oxygen atoms in total. The number of carbonyl (C=O) groups excluding carboxylic acids is 3. The van der Waals surface area contributed by atoms with Gasteiger partial charge in [-0.2, -0.15) is 0 Å². The first-order chi connectivity index (χ1) is 11.3. The van der Waals surface area contributed by atoms with Crippen LogP contribution in [0, 0.1) is 17.8 Å². The fraction of sp³-hybridized carbons (Fsp3) is 0.824. The Bertz CT molecular complexity index is 552. The Morgan fingerprint density at radius 2 is 2.17 bits per heavy atom. The van der Waals surface area contributed by atoms with Gasteiger partial charge in [-0.05, 0) is 50.9 Å². The minimum Gasteiger partial charge on any atom is -0.382 e. The van der Waals surface area contributed by atoms with Crippen LogP contribution in [0.2, 0.25) is 0 Å². The Hall–Kier alpha value is -1.63. The van der Waals surface area contributed by atoms with Gasteiger partial charge in [0.2, 0.25) is 5.91 Å². The van der Waals surface area contributed by atoms with Crippen LogP contribution in [0.25, 0.3) is 0 Å². The maximum absolute atomic E-state index is 12.4. The first kappa shape index (κ1) is 17.2. The SMILES string of the molecule is COC[C@]1(C)NC(=O)N(CC(=O)N[C@@H](C)[C@@H]2C[C@H]3CC[C@H]2C3)C1=O. The molecule has 0 aromatic rings. The van der Waals surface area contributed by atoms with Crippen molar-refractivity contribution in [1.29, 1.82) is 0 Å². The van der Waals surface area contributed by atoms with E-state index in [1.807, 2.05) is 6.92 Å². The number of ether oxygens (including phenoxy) is 1. The summed E-state index contributed by atoms with van der Waals surface area (Å²) in [6.45, 7) is 3.48. The van der Waals surface area contributed by atoms with E-state index < -0.39 is 17.5 Å². The number of rotatable bonds is 6. The van der Waals surface area contributed by atoms with Crippen molar-refractivity contribution in [2.75, 3.05) is 20.3 Å². The zero-order valence-electron chi connectivity index (χ0n) is 14.6. The third kappa shape index (κ3) is 3.01. The number of methoxy groups -OCH3 is 1. The van der Waals surface area contributed by atoms with Gasteiger partial charge in [0.05, 0.1) is 6.61 Å². The maximum Gasteiger partial charge on any atom is 0.325 e. The second-order valence-electron chi connectivity index (χ2n) is 7.78.